The number of hydrogen-bond acceptors (Lipinski definition) is 4. The Morgan fingerprint density at radius 2 is 2.23 bits per heavy atom. The molecule has 3 rings (SSSR count). The summed E-state index contributed by atoms with van der Waals surface area (Å²) in [6.45, 7) is 6.52. The highest BCUT2D eigenvalue weighted by atomic mass is 16.3. The van der Waals surface area contributed by atoms with Crippen LogP contribution >= 0.6 is 0 Å². The molecule has 1 aromatic rings. The fraction of sp³-hybridized carbons (Fsp3) is 0.706. The number of aliphatic hydroxyl groups is 1. The van der Waals surface area contributed by atoms with Gasteiger partial charge >= 0.3 is 0 Å². The van der Waals surface area contributed by atoms with Crippen molar-refractivity contribution in [3.05, 3.63) is 23.7 Å². The zero-order valence-electron chi connectivity index (χ0n) is 13.5. The van der Waals surface area contributed by atoms with Crippen molar-refractivity contribution < 1.29 is 14.3 Å². The third-order valence-electron chi connectivity index (χ3n) is 4.78. The van der Waals surface area contributed by atoms with Crippen molar-refractivity contribution in [1.29, 1.82) is 0 Å². The van der Waals surface area contributed by atoms with Crippen LogP contribution < -0.4 is 0 Å². The molecule has 0 bridgehead atoms. The lowest BCUT2D eigenvalue weighted by Gasteiger charge is -2.25. The van der Waals surface area contributed by atoms with Gasteiger partial charge in [-0.3, -0.25) is 9.69 Å². The summed E-state index contributed by atoms with van der Waals surface area (Å²) in [6.07, 6.45) is 2.89. The van der Waals surface area contributed by atoms with Gasteiger partial charge in [0.2, 0.25) is 5.91 Å². The Morgan fingerprint density at radius 1 is 1.45 bits per heavy atom. The topological polar surface area (TPSA) is 56.9 Å². The zero-order valence-corrected chi connectivity index (χ0v) is 13.5. The van der Waals surface area contributed by atoms with E-state index in [0.717, 1.165) is 43.9 Å². The van der Waals surface area contributed by atoms with Crippen LogP contribution in [0.3, 0.4) is 0 Å². The number of carbonyl (C=O) groups excluding carboxylic acids is 1. The summed E-state index contributed by atoms with van der Waals surface area (Å²) >= 11 is 0. The molecule has 0 radical (unpaired) electrons. The number of nitrogens with zero attached hydrogens (tertiary/aromatic N) is 2. The number of aryl methyl sites for hydroxylation is 1. The molecule has 1 aliphatic heterocycles. The van der Waals surface area contributed by atoms with Crippen molar-refractivity contribution >= 4 is 5.91 Å². The monoisotopic (exact) mass is 306 g/mol. The Bertz CT molecular complexity index is 522. The first-order valence-corrected chi connectivity index (χ1v) is 8.28. The van der Waals surface area contributed by atoms with Gasteiger partial charge in [0.15, 0.2) is 0 Å². The minimum atomic E-state index is -0.286. The third-order valence-corrected chi connectivity index (χ3v) is 4.78. The number of rotatable bonds is 6. The van der Waals surface area contributed by atoms with E-state index < -0.39 is 0 Å². The van der Waals surface area contributed by atoms with Gasteiger partial charge in [-0.25, -0.2) is 0 Å². The van der Waals surface area contributed by atoms with Crippen LogP contribution in [0.2, 0.25) is 0 Å². The van der Waals surface area contributed by atoms with E-state index >= 15 is 0 Å². The van der Waals surface area contributed by atoms with Gasteiger partial charge in [0.05, 0.1) is 19.2 Å². The van der Waals surface area contributed by atoms with Gasteiger partial charge in [-0.1, -0.05) is 0 Å². The smallest absolute Gasteiger partial charge is 0.237 e. The van der Waals surface area contributed by atoms with Crippen molar-refractivity contribution in [3.8, 4) is 0 Å². The normalized spacial score (nSPS) is 23.7. The standard InChI is InChI=1S/C17H26N2O3/c1-12-3-6-16(22-12)10-19(15-4-5-15)17(21)11-18-8-7-14(9-18)13(2)20/h3,6,13-15,20H,4-5,7-11H2,1-2H3. The number of hydrogen-bond donors (Lipinski definition) is 1. The number of furan rings is 1. The lowest BCUT2D eigenvalue weighted by molar-refractivity contribution is -0.133. The molecule has 0 spiro atoms. The summed E-state index contributed by atoms with van der Waals surface area (Å²) in [5.74, 6) is 2.23. The molecule has 5 heteroatoms. The first-order chi connectivity index (χ1) is 10.5. The quantitative estimate of drug-likeness (QED) is 0.870. The number of amides is 1. The fourth-order valence-corrected chi connectivity index (χ4v) is 3.23. The molecule has 0 aromatic carbocycles. The maximum absolute atomic E-state index is 12.6. The van der Waals surface area contributed by atoms with Gasteiger partial charge in [0.1, 0.15) is 11.5 Å². The van der Waals surface area contributed by atoms with Crippen LogP contribution in [0.5, 0.6) is 0 Å². The average molecular weight is 306 g/mol. The van der Waals surface area contributed by atoms with Crippen LogP contribution in [0.1, 0.15) is 37.7 Å². The van der Waals surface area contributed by atoms with E-state index in [1.165, 1.54) is 0 Å². The number of carbonyl (C=O) groups is 1. The highest BCUT2D eigenvalue weighted by Crippen LogP contribution is 2.29. The molecule has 2 heterocycles. The highest BCUT2D eigenvalue weighted by Gasteiger charge is 2.35. The molecule has 1 saturated carbocycles. The predicted molar refractivity (Wildman–Crippen MR) is 83.2 cm³/mol. The second-order valence-electron chi connectivity index (χ2n) is 6.79. The molecule has 2 atom stereocenters. The van der Waals surface area contributed by atoms with E-state index in [1.807, 2.05) is 30.9 Å². The molecular formula is C17H26N2O3. The summed E-state index contributed by atoms with van der Waals surface area (Å²) in [5.41, 5.74) is 0. The maximum Gasteiger partial charge on any atom is 0.237 e. The number of likely N-dealkylation sites (tertiary alicyclic amines) is 1. The van der Waals surface area contributed by atoms with Gasteiger partial charge in [-0.05, 0) is 57.7 Å². The molecule has 2 unspecified atom stereocenters. The molecular weight excluding hydrogens is 280 g/mol. The Hall–Kier alpha value is -1.33. The fourth-order valence-electron chi connectivity index (χ4n) is 3.23. The molecule has 1 aliphatic carbocycles. The van der Waals surface area contributed by atoms with Gasteiger partial charge in [-0.15, -0.1) is 0 Å². The molecule has 22 heavy (non-hydrogen) atoms. The Kier molecular flexibility index (Phi) is 4.54. The van der Waals surface area contributed by atoms with Crippen LogP contribution in [-0.4, -0.2) is 52.6 Å². The first kappa shape index (κ1) is 15.6. The second kappa shape index (κ2) is 6.42. The second-order valence-corrected chi connectivity index (χ2v) is 6.79. The Labute approximate surface area is 131 Å². The van der Waals surface area contributed by atoms with E-state index in [-0.39, 0.29) is 12.0 Å². The summed E-state index contributed by atoms with van der Waals surface area (Å²) in [5, 5.41) is 9.67. The minimum absolute atomic E-state index is 0.183. The maximum atomic E-state index is 12.6. The lowest BCUT2D eigenvalue weighted by atomic mass is 10.0. The lowest BCUT2D eigenvalue weighted by Crippen LogP contribution is -2.40. The molecule has 122 valence electrons. The largest absolute Gasteiger partial charge is 0.464 e. The van der Waals surface area contributed by atoms with Crippen LogP contribution in [0.25, 0.3) is 0 Å². The van der Waals surface area contributed by atoms with Crippen molar-refractivity contribution in [2.75, 3.05) is 19.6 Å². The van der Waals surface area contributed by atoms with Crippen molar-refractivity contribution in [3.63, 3.8) is 0 Å². The minimum Gasteiger partial charge on any atom is -0.464 e. The Balaban J connectivity index is 1.57. The molecule has 5 nitrogen and oxygen atoms in total. The summed E-state index contributed by atoms with van der Waals surface area (Å²) < 4.78 is 5.62. The van der Waals surface area contributed by atoms with Crippen molar-refractivity contribution in [2.24, 2.45) is 5.92 Å². The van der Waals surface area contributed by atoms with Crippen LogP contribution in [0.4, 0.5) is 0 Å². The van der Waals surface area contributed by atoms with Crippen molar-refractivity contribution in [2.45, 2.75) is 51.8 Å². The summed E-state index contributed by atoms with van der Waals surface area (Å²) in [6, 6.07) is 4.28. The first-order valence-electron chi connectivity index (χ1n) is 8.28. The van der Waals surface area contributed by atoms with E-state index in [1.54, 1.807) is 0 Å². The zero-order chi connectivity index (χ0) is 15.7. The van der Waals surface area contributed by atoms with E-state index in [2.05, 4.69) is 4.90 Å². The van der Waals surface area contributed by atoms with E-state index in [9.17, 15) is 9.90 Å². The molecule has 1 N–H and O–H groups in total. The Morgan fingerprint density at radius 3 is 2.77 bits per heavy atom. The molecule has 1 saturated heterocycles. The summed E-state index contributed by atoms with van der Waals surface area (Å²) in [4.78, 5) is 16.8. The molecule has 1 amide bonds. The predicted octanol–water partition coefficient (Wildman–Crippen LogP) is 1.78. The van der Waals surface area contributed by atoms with Crippen LogP contribution in [0.15, 0.2) is 16.5 Å². The third kappa shape index (κ3) is 3.70. The van der Waals surface area contributed by atoms with Gasteiger partial charge < -0.3 is 14.4 Å². The van der Waals surface area contributed by atoms with Gasteiger partial charge in [0.25, 0.3) is 0 Å². The molecule has 1 aromatic heterocycles. The van der Waals surface area contributed by atoms with E-state index in [0.29, 0.717) is 25.0 Å². The van der Waals surface area contributed by atoms with Crippen LogP contribution in [-0.2, 0) is 11.3 Å². The van der Waals surface area contributed by atoms with Gasteiger partial charge in [0, 0.05) is 12.6 Å². The average Bonchev–Trinajstić information content (AvgIpc) is 3.05. The van der Waals surface area contributed by atoms with Crippen molar-refractivity contribution in [1.82, 2.24) is 9.80 Å². The SMILES string of the molecule is Cc1ccc(CN(C(=O)CN2CCC(C(C)O)C2)C2CC2)o1. The summed E-state index contributed by atoms with van der Waals surface area (Å²) in [7, 11) is 0. The number of aliphatic hydroxyl groups excluding tert-OH is 1. The highest BCUT2D eigenvalue weighted by molar-refractivity contribution is 5.79. The van der Waals surface area contributed by atoms with E-state index in [4.69, 9.17) is 4.42 Å². The molecule has 2 fully saturated rings. The molecule has 2 aliphatic rings. The van der Waals surface area contributed by atoms with Crippen LogP contribution in [0, 0.1) is 12.8 Å². The van der Waals surface area contributed by atoms with Gasteiger partial charge in [-0.2, -0.15) is 0 Å².